The molecule has 0 radical (unpaired) electrons. The van der Waals surface area contributed by atoms with Crippen molar-refractivity contribution in [1.82, 2.24) is 15.2 Å². The lowest BCUT2D eigenvalue weighted by Crippen LogP contribution is -2.22. The van der Waals surface area contributed by atoms with E-state index >= 15 is 0 Å². The Labute approximate surface area is 128 Å². The molecule has 0 saturated carbocycles. The minimum atomic E-state index is -0.483. The maximum absolute atomic E-state index is 11.6. The molecule has 2 heterocycles. The Kier molecular flexibility index (Phi) is 3.33. The number of aromatic nitrogens is 1. The number of nitrogens with zero attached hydrogens (tertiary/aromatic N) is 1. The van der Waals surface area contributed by atoms with Gasteiger partial charge in [0.15, 0.2) is 0 Å². The Morgan fingerprint density at radius 2 is 1.82 bits per heavy atom. The summed E-state index contributed by atoms with van der Waals surface area (Å²) in [6, 6.07) is 9.76. The zero-order valence-electron chi connectivity index (χ0n) is 12.7. The van der Waals surface area contributed by atoms with Crippen molar-refractivity contribution < 1.29 is 9.59 Å². The van der Waals surface area contributed by atoms with Gasteiger partial charge in [-0.25, -0.2) is 4.79 Å². The Morgan fingerprint density at radius 1 is 1.05 bits per heavy atom. The van der Waals surface area contributed by atoms with Gasteiger partial charge in [-0.3, -0.25) is 10.1 Å². The minimum absolute atomic E-state index is 0.273. The minimum Gasteiger partial charge on any atom is -0.318 e. The summed E-state index contributed by atoms with van der Waals surface area (Å²) in [6.45, 7) is 6.07. The van der Waals surface area contributed by atoms with E-state index in [1.54, 1.807) is 6.08 Å². The lowest BCUT2D eigenvalue weighted by molar-refractivity contribution is -0.115. The predicted molar refractivity (Wildman–Crippen MR) is 84.6 cm³/mol. The molecule has 1 aliphatic heterocycles. The number of hydrogen-bond donors (Lipinski definition) is 2. The fourth-order valence-electron chi connectivity index (χ4n) is 2.74. The van der Waals surface area contributed by atoms with Crippen LogP contribution in [0.25, 0.3) is 11.8 Å². The van der Waals surface area contributed by atoms with E-state index < -0.39 is 11.9 Å². The summed E-state index contributed by atoms with van der Waals surface area (Å²) < 4.78 is 2.13. The average Bonchev–Trinajstić information content (AvgIpc) is 2.90. The lowest BCUT2D eigenvalue weighted by Gasteiger charge is -2.10. The van der Waals surface area contributed by atoms with Crippen LogP contribution in [0.2, 0.25) is 0 Å². The predicted octanol–water partition coefficient (Wildman–Crippen LogP) is 2.58. The molecule has 3 rings (SSSR count). The Morgan fingerprint density at radius 3 is 2.45 bits per heavy atom. The maximum Gasteiger partial charge on any atom is 0.326 e. The van der Waals surface area contributed by atoms with Gasteiger partial charge < -0.3 is 9.88 Å². The average molecular weight is 295 g/mol. The Balaban J connectivity index is 2.06. The van der Waals surface area contributed by atoms with Crippen LogP contribution in [0.1, 0.15) is 22.5 Å². The van der Waals surface area contributed by atoms with E-state index in [-0.39, 0.29) is 5.70 Å². The standard InChI is InChI=1S/C17H17N3O2/c1-10-5-4-6-14(7-10)20-11(2)8-13(12(20)3)9-15-16(21)19-17(22)18-15/h4-9H,1-3H3,(H2,18,19,21,22)/b15-9-. The van der Waals surface area contributed by atoms with Crippen LogP contribution in [0.15, 0.2) is 36.0 Å². The van der Waals surface area contributed by atoms with Crippen LogP contribution in [-0.2, 0) is 4.79 Å². The number of imide groups is 1. The highest BCUT2D eigenvalue weighted by atomic mass is 16.2. The number of urea groups is 1. The number of amides is 3. The molecule has 0 unspecified atom stereocenters. The molecule has 2 N–H and O–H groups in total. The van der Waals surface area contributed by atoms with Crippen LogP contribution >= 0.6 is 0 Å². The van der Waals surface area contributed by atoms with Crippen LogP contribution in [0.3, 0.4) is 0 Å². The Bertz CT molecular complexity index is 815. The molecular weight excluding hydrogens is 278 g/mol. The van der Waals surface area contributed by atoms with Gasteiger partial charge in [-0.2, -0.15) is 0 Å². The molecular formula is C17H17N3O2. The summed E-state index contributed by atoms with van der Waals surface area (Å²) in [7, 11) is 0. The van der Waals surface area contributed by atoms with Crippen molar-refractivity contribution in [2.24, 2.45) is 0 Å². The van der Waals surface area contributed by atoms with Crippen LogP contribution in [0.5, 0.6) is 0 Å². The number of aryl methyl sites for hydroxylation is 2. The summed E-state index contributed by atoms with van der Waals surface area (Å²) in [6.07, 6.45) is 1.70. The highest BCUT2D eigenvalue weighted by Gasteiger charge is 2.23. The summed E-state index contributed by atoms with van der Waals surface area (Å²) in [4.78, 5) is 22.8. The van der Waals surface area contributed by atoms with E-state index in [0.29, 0.717) is 0 Å². The van der Waals surface area contributed by atoms with Crippen molar-refractivity contribution in [3.63, 3.8) is 0 Å². The molecule has 1 aromatic carbocycles. The first-order valence-corrected chi connectivity index (χ1v) is 7.06. The van der Waals surface area contributed by atoms with Crippen molar-refractivity contribution in [3.05, 3.63) is 58.5 Å². The molecule has 2 aromatic rings. The zero-order valence-corrected chi connectivity index (χ0v) is 12.7. The first-order valence-electron chi connectivity index (χ1n) is 7.06. The van der Waals surface area contributed by atoms with Crippen molar-refractivity contribution in [2.75, 3.05) is 0 Å². The van der Waals surface area contributed by atoms with Crippen molar-refractivity contribution in [2.45, 2.75) is 20.8 Å². The molecule has 1 fully saturated rings. The van der Waals surface area contributed by atoms with Gasteiger partial charge in [0, 0.05) is 17.1 Å². The van der Waals surface area contributed by atoms with Gasteiger partial charge in [-0.05, 0) is 56.2 Å². The molecule has 1 aromatic heterocycles. The zero-order chi connectivity index (χ0) is 15.9. The third kappa shape index (κ3) is 2.41. The van der Waals surface area contributed by atoms with Gasteiger partial charge >= 0.3 is 6.03 Å². The number of rotatable bonds is 2. The van der Waals surface area contributed by atoms with E-state index in [4.69, 9.17) is 0 Å². The second-order valence-corrected chi connectivity index (χ2v) is 5.47. The SMILES string of the molecule is Cc1cccc(-n2c(C)cc(/C=C3\NC(=O)NC3=O)c2C)c1. The molecule has 0 atom stereocenters. The molecule has 1 saturated heterocycles. The number of hydrogen-bond acceptors (Lipinski definition) is 2. The highest BCUT2D eigenvalue weighted by molar-refractivity contribution is 6.14. The van der Waals surface area contributed by atoms with Crippen LogP contribution in [0, 0.1) is 20.8 Å². The molecule has 3 amide bonds. The van der Waals surface area contributed by atoms with Crippen LogP contribution in [0.4, 0.5) is 4.79 Å². The highest BCUT2D eigenvalue weighted by Crippen LogP contribution is 2.23. The van der Waals surface area contributed by atoms with Gasteiger partial charge in [0.05, 0.1) is 0 Å². The van der Waals surface area contributed by atoms with E-state index in [1.807, 2.05) is 32.0 Å². The van der Waals surface area contributed by atoms with Crippen molar-refractivity contribution in [3.8, 4) is 5.69 Å². The molecule has 0 spiro atoms. The fraction of sp³-hybridized carbons (Fsp3) is 0.176. The summed E-state index contributed by atoms with van der Waals surface area (Å²) in [5.41, 5.74) is 5.54. The molecule has 112 valence electrons. The second-order valence-electron chi connectivity index (χ2n) is 5.47. The van der Waals surface area contributed by atoms with E-state index in [9.17, 15) is 9.59 Å². The third-order valence-electron chi connectivity index (χ3n) is 3.75. The topological polar surface area (TPSA) is 63.1 Å². The normalized spacial score (nSPS) is 16.0. The monoisotopic (exact) mass is 295 g/mol. The van der Waals surface area contributed by atoms with Gasteiger partial charge in [0.2, 0.25) is 0 Å². The quantitative estimate of drug-likeness (QED) is 0.660. The Hall–Kier alpha value is -2.82. The smallest absolute Gasteiger partial charge is 0.318 e. The molecule has 0 bridgehead atoms. The first-order chi connectivity index (χ1) is 10.5. The maximum atomic E-state index is 11.6. The number of nitrogens with one attached hydrogen (secondary N) is 2. The van der Waals surface area contributed by atoms with Crippen LogP contribution in [-0.4, -0.2) is 16.5 Å². The summed E-state index contributed by atoms with van der Waals surface area (Å²) in [5, 5.41) is 4.71. The molecule has 0 aliphatic carbocycles. The fourth-order valence-corrected chi connectivity index (χ4v) is 2.74. The third-order valence-corrected chi connectivity index (χ3v) is 3.75. The lowest BCUT2D eigenvalue weighted by atomic mass is 10.2. The van der Waals surface area contributed by atoms with E-state index in [1.165, 1.54) is 5.56 Å². The number of carbonyl (C=O) groups is 2. The molecule has 5 heteroatoms. The second kappa shape index (κ2) is 5.18. The molecule has 22 heavy (non-hydrogen) atoms. The van der Waals surface area contributed by atoms with Gasteiger partial charge in [0.1, 0.15) is 5.70 Å². The van der Waals surface area contributed by atoms with Gasteiger partial charge in [0.25, 0.3) is 5.91 Å². The van der Waals surface area contributed by atoms with Crippen molar-refractivity contribution in [1.29, 1.82) is 0 Å². The van der Waals surface area contributed by atoms with Gasteiger partial charge in [-0.15, -0.1) is 0 Å². The van der Waals surface area contributed by atoms with Gasteiger partial charge in [-0.1, -0.05) is 12.1 Å². The first kappa shape index (κ1) is 14.1. The molecule has 5 nitrogen and oxygen atoms in total. The number of carbonyl (C=O) groups excluding carboxylic acids is 2. The van der Waals surface area contributed by atoms with E-state index in [2.05, 4.69) is 34.3 Å². The molecule has 1 aliphatic rings. The van der Waals surface area contributed by atoms with Crippen molar-refractivity contribution >= 4 is 18.0 Å². The largest absolute Gasteiger partial charge is 0.326 e. The summed E-state index contributed by atoms with van der Waals surface area (Å²) >= 11 is 0. The summed E-state index contributed by atoms with van der Waals surface area (Å²) in [5.74, 6) is -0.398. The number of benzene rings is 1. The van der Waals surface area contributed by atoms with E-state index in [0.717, 1.165) is 22.6 Å². The van der Waals surface area contributed by atoms with Crippen LogP contribution < -0.4 is 10.6 Å².